The highest BCUT2D eigenvalue weighted by Gasteiger charge is 2.47. The first-order valence-electron chi connectivity index (χ1n) is 7.77. The van der Waals surface area contributed by atoms with Crippen molar-refractivity contribution in [3.8, 4) is 0 Å². The summed E-state index contributed by atoms with van der Waals surface area (Å²) in [4.78, 5) is 15.0. The first-order valence-corrected chi connectivity index (χ1v) is 7.77. The third-order valence-electron chi connectivity index (χ3n) is 4.87. The molecule has 114 valence electrons. The minimum Gasteiger partial charge on any atom is -0.409 e. The van der Waals surface area contributed by atoms with Crippen LogP contribution < -0.4 is 5.73 Å². The lowest BCUT2D eigenvalue weighted by Crippen LogP contribution is -2.55. The van der Waals surface area contributed by atoms with Crippen molar-refractivity contribution in [1.29, 1.82) is 0 Å². The predicted molar refractivity (Wildman–Crippen MR) is 78.5 cm³/mol. The molecule has 0 spiro atoms. The second-order valence-corrected chi connectivity index (χ2v) is 6.78. The Bertz CT molecular complexity index is 379. The Morgan fingerprint density at radius 3 is 2.25 bits per heavy atom. The summed E-state index contributed by atoms with van der Waals surface area (Å²) in [5.41, 5.74) is 5.15. The summed E-state index contributed by atoms with van der Waals surface area (Å²) in [5, 5.41) is 12.3. The van der Waals surface area contributed by atoms with Gasteiger partial charge in [0.1, 0.15) is 5.41 Å². The van der Waals surface area contributed by atoms with Crippen LogP contribution in [0.3, 0.4) is 0 Å². The number of oxime groups is 1. The summed E-state index contributed by atoms with van der Waals surface area (Å²) in [6, 6.07) is 0. The van der Waals surface area contributed by atoms with Crippen molar-refractivity contribution in [3.05, 3.63) is 0 Å². The fraction of sp³-hybridized carbons (Fsp3) is 0.867. The van der Waals surface area contributed by atoms with Crippen LogP contribution in [0.2, 0.25) is 0 Å². The lowest BCUT2D eigenvalue weighted by Gasteiger charge is -2.42. The van der Waals surface area contributed by atoms with Crippen LogP contribution in [0.15, 0.2) is 5.16 Å². The Morgan fingerprint density at radius 2 is 1.75 bits per heavy atom. The van der Waals surface area contributed by atoms with Crippen LogP contribution in [0.1, 0.15) is 52.4 Å². The zero-order chi connectivity index (χ0) is 14.8. The third-order valence-corrected chi connectivity index (χ3v) is 4.87. The lowest BCUT2D eigenvalue weighted by molar-refractivity contribution is -0.142. The molecule has 5 heteroatoms. The molecule has 1 saturated heterocycles. The van der Waals surface area contributed by atoms with Crippen molar-refractivity contribution in [2.24, 2.45) is 28.1 Å². The standard InChI is InChI=1S/C15H27N3O2/c1-11-8-12(2)10-18(9-11)14(19)15(13(16)17-20)6-4-3-5-7-15/h11-12,20H,3-10H2,1-2H3,(H2,16,17). The van der Waals surface area contributed by atoms with Gasteiger partial charge in [-0.15, -0.1) is 0 Å². The van der Waals surface area contributed by atoms with Crippen molar-refractivity contribution in [1.82, 2.24) is 4.90 Å². The van der Waals surface area contributed by atoms with Crippen LogP contribution >= 0.6 is 0 Å². The quantitative estimate of drug-likeness (QED) is 0.352. The Kier molecular flexibility index (Phi) is 4.55. The molecule has 0 bridgehead atoms. The largest absolute Gasteiger partial charge is 0.409 e. The number of nitrogens with two attached hydrogens (primary N) is 1. The number of amidine groups is 1. The van der Waals surface area contributed by atoms with Crippen LogP contribution in [0.25, 0.3) is 0 Å². The number of rotatable bonds is 2. The van der Waals surface area contributed by atoms with E-state index in [9.17, 15) is 4.79 Å². The summed E-state index contributed by atoms with van der Waals surface area (Å²) in [6.45, 7) is 5.97. The molecular formula is C15H27N3O2. The normalized spacial score (nSPS) is 31.1. The molecular weight excluding hydrogens is 254 g/mol. The van der Waals surface area contributed by atoms with E-state index < -0.39 is 5.41 Å². The van der Waals surface area contributed by atoms with Gasteiger partial charge in [0.2, 0.25) is 5.91 Å². The van der Waals surface area contributed by atoms with Gasteiger partial charge in [-0.1, -0.05) is 38.3 Å². The molecule has 2 unspecified atom stereocenters. The Morgan fingerprint density at radius 1 is 1.20 bits per heavy atom. The molecule has 1 amide bonds. The Hall–Kier alpha value is -1.26. The molecule has 1 aliphatic heterocycles. The Balaban J connectivity index is 2.22. The van der Waals surface area contributed by atoms with E-state index in [4.69, 9.17) is 10.9 Å². The second kappa shape index (κ2) is 6.02. The molecule has 1 saturated carbocycles. The number of likely N-dealkylation sites (tertiary alicyclic amines) is 1. The van der Waals surface area contributed by atoms with Crippen molar-refractivity contribution >= 4 is 11.7 Å². The minimum absolute atomic E-state index is 0.0749. The summed E-state index contributed by atoms with van der Waals surface area (Å²) < 4.78 is 0. The van der Waals surface area contributed by atoms with Gasteiger partial charge in [0.25, 0.3) is 0 Å². The zero-order valence-corrected chi connectivity index (χ0v) is 12.6. The molecule has 0 aromatic carbocycles. The van der Waals surface area contributed by atoms with E-state index in [1.165, 1.54) is 6.42 Å². The Labute approximate surface area is 121 Å². The summed E-state index contributed by atoms with van der Waals surface area (Å²) in [5.74, 6) is 1.23. The molecule has 2 fully saturated rings. The molecule has 2 atom stereocenters. The minimum atomic E-state index is -0.760. The molecule has 0 aromatic heterocycles. The zero-order valence-electron chi connectivity index (χ0n) is 12.6. The lowest BCUT2D eigenvalue weighted by atomic mass is 9.71. The van der Waals surface area contributed by atoms with Gasteiger partial charge < -0.3 is 15.8 Å². The number of amides is 1. The van der Waals surface area contributed by atoms with E-state index in [2.05, 4.69) is 19.0 Å². The molecule has 3 N–H and O–H groups in total. The average molecular weight is 281 g/mol. The number of carbonyl (C=O) groups is 1. The molecule has 5 nitrogen and oxygen atoms in total. The van der Waals surface area contributed by atoms with E-state index in [1.54, 1.807) is 0 Å². The van der Waals surface area contributed by atoms with Gasteiger partial charge in [-0.25, -0.2) is 0 Å². The number of carbonyl (C=O) groups excluding carboxylic acids is 1. The molecule has 1 heterocycles. The maximum Gasteiger partial charge on any atom is 0.236 e. The van der Waals surface area contributed by atoms with Crippen molar-refractivity contribution in [3.63, 3.8) is 0 Å². The van der Waals surface area contributed by atoms with Crippen LogP contribution in [0.5, 0.6) is 0 Å². The van der Waals surface area contributed by atoms with Gasteiger partial charge >= 0.3 is 0 Å². The monoisotopic (exact) mass is 281 g/mol. The van der Waals surface area contributed by atoms with Crippen molar-refractivity contribution in [2.45, 2.75) is 52.4 Å². The molecule has 1 aliphatic carbocycles. The van der Waals surface area contributed by atoms with Gasteiger partial charge in [0.05, 0.1) is 0 Å². The molecule has 2 aliphatic rings. The van der Waals surface area contributed by atoms with Gasteiger partial charge in [-0.2, -0.15) is 0 Å². The van der Waals surface area contributed by atoms with E-state index >= 15 is 0 Å². The summed E-state index contributed by atoms with van der Waals surface area (Å²) >= 11 is 0. The molecule has 0 radical (unpaired) electrons. The highest BCUT2D eigenvalue weighted by Crippen LogP contribution is 2.39. The maximum absolute atomic E-state index is 13.0. The van der Waals surface area contributed by atoms with Crippen molar-refractivity contribution < 1.29 is 10.0 Å². The van der Waals surface area contributed by atoms with Crippen LogP contribution in [-0.2, 0) is 4.79 Å². The smallest absolute Gasteiger partial charge is 0.236 e. The molecule has 0 aromatic rings. The molecule has 2 rings (SSSR count). The highest BCUT2D eigenvalue weighted by atomic mass is 16.4. The van der Waals surface area contributed by atoms with Gasteiger partial charge in [-0.05, 0) is 31.1 Å². The van der Waals surface area contributed by atoms with Crippen LogP contribution in [-0.4, -0.2) is 34.9 Å². The first-order chi connectivity index (χ1) is 9.49. The van der Waals surface area contributed by atoms with E-state index in [-0.39, 0.29) is 11.7 Å². The van der Waals surface area contributed by atoms with Crippen molar-refractivity contribution in [2.75, 3.05) is 13.1 Å². The first kappa shape index (κ1) is 15.1. The molecule has 20 heavy (non-hydrogen) atoms. The fourth-order valence-electron chi connectivity index (χ4n) is 3.96. The third kappa shape index (κ3) is 2.76. The topological polar surface area (TPSA) is 78.9 Å². The highest BCUT2D eigenvalue weighted by molar-refractivity contribution is 6.06. The van der Waals surface area contributed by atoms with Crippen LogP contribution in [0, 0.1) is 17.3 Å². The SMILES string of the molecule is CC1CC(C)CN(C(=O)C2(C(N)=NO)CCCCC2)C1. The predicted octanol–water partition coefficient (Wildman–Crippen LogP) is 2.19. The van der Waals surface area contributed by atoms with E-state index in [1.807, 2.05) is 4.90 Å². The van der Waals surface area contributed by atoms with Gasteiger partial charge in [-0.3, -0.25) is 4.79 Å². The average Bonchev–Trinajstić information content (AvgIpc) is 2.45. The number of piperidine rings is 1. The maximum atomic E-state index is 13.0. The van der Waals surface area contributed by atoms with Crippen LogP contribution in [0.4, 0.5) is 0 Å². The number of hydrogen-bond acceptors (Lipinski definition) is 3. The van der Waals surface area contributed by atoms with E-state index in [0.717, 1.165) is 32.4 Å². The van der Waals surface area contributed by atoms with Gasteiger partial charge in [0.15, 0.2) is 5.84 Å². The summed E-state index contributed by atoms with van der Waals surface area (Å²) in [7, 11) is 0. The second-order valence-electron chi connectivity index (χ2n) is 6.78. The summed E-state index contributed by atoms with van der Waals surface area (Å²) in [6.07, 6.45) is 5.66. The van der Waals surface area contributed by atoms with E-state index in [0.29, 0.717) is 24.7 Å². The fourth-order valence-corrected chi connectivity index (χ4v) is 3.96. The number of nitrogens with zero attached hydrogens (tertiary/aromatic N) is 2. The number of hydrogen-bond donors (Lipinski definition) is 2. The van der Waals surface area contributed by atoms with Gasteiger partial charge in [0, 0.05) is 13.1 Å².